The standard InChI is InChI=1S/C10H18N2O2P2/c1-10(2,3)8(9(13)14-16)4-7-5-11-6-12(7)15/h5-6,8H,4,15-16H2,1-3H3. The van der Waals surface area contributed by atoms with Crippen molar-refractivity contribution in [2.24, 2.45) is 11.3 Å². The Hall–Kier alpha value is -0.460. The summed E-state index contributed by atoms with van der Waals surface area (Å²) >= 11 is 0. The fourth-order valence-electron chi connectivity index (χ4n) is 1.52. The molecular weight excluding hydrogens is 242 g/mol. The molecule has 0 aliphatic rings. The second kappa shape index (κ2) is 5.25. The summed E-state index contributed by atoms with van der Waals surface area (Å²) < 4.78 is 6.61. The Morgan fingerprint density at radius 3 is 2.62 bits per heavy atom. The lowest BCUT2D eigenvalue weighted by Crippen LogP contribution is -2.31. The normalized spacial score (nSPS) is 13.6. The third-order valence-electron chi connectivity index (χ3n) is 2.61. The van der Waals surface area contributed by atoms with Crippen LogP contribution >= 0.6 is 18.9 Å². The highest BCUT2D eigenvalue weighted by Gasteiger charge is 2.32. The largest absolute Gasteiger partial charge is 0.451 e. The molecular formula is C10H18N2O2P2. The van der Waals surface area contributed by atoms with Crippen molar-refractivity contribution in [3.8, 4) is 0 Å². The maximum atomic E-state index is 11.7. The van der Waals surface area contributed by atoms with Gasteiger partial charge in [-0.15, -0.1) is 0 Å². The minimum absolute atomic E-state index is 0.136. The van der Waals surface area contributed by atoms with Gasteiger partial charge >= 0.3 is 5.97 Å². The van der Waals surface area contributed by atoms with E-state index in [0.717, 1.165) is 5.69 Å². The summed E-state index contributed by atoms with van der Waals surface area (Å²) in [5.74, 6) is -0.385. The molecule has 0 aliphatic heterocycles. The topological polar surface area (TPSA) is 44.1 Å². The Morgan fingerprint density at radius 1 is 1.62 bits per heavy atom. The Labute approximate surface area is 101 Å². The summed E-state index contributed by atoms with van der Waals surface area (Å²) in [6.07, 6.45) is 4.09. The summed E-state index contributed by atoms with van der Waals surface area (Å²) in [6, 6.07) is 0. The van der Waals surface area contributed by atoms with E-state index < -0.39 is 0 Å². The molecule has 16 heavy (non-hydrogen) atoms. The minimum Gasteiger partial charge on any atom is -0.451 e. The first kappa shape index (κ1) is 13.6. The van der Waals surface area contributed by atoms with Gasteiger partial charge in [0.05, 0.1) is 21.7 Å². The van der Waals surface area contributed by atoms with Crippen molar-refractivity contribution < 1.29 is 9.32 Å². The number of imidazole rings is 1. The third-order valence-corrected chi connectivity index (χ3v) is 3.30. The number of carbonyl (C=O) groups is 1. The lowest BCUT2D eigenvalue weighted by atomic mass is 9.78. The Balaban J connectivity index is 2.88. The zero-order valence-electron chi connectivity index (χ0n) is 9.80. The van der Waals surface area contributed by atoms with Gasteiger partial charge in [-0.3, -0.25) is 4.79 Å². The molecule has 1 aromatic rings. The van der Waals surface area contributed by atoms with Crippen molar-refractivity contribution in [1.29, 1.82) is 0 Å². The summed E-state index contributed by atoms with van der Waals surface area (Å²) in [6.45, 7) is 6.09. The van der Waals surface area contributed by atoms with E-state index in [1.54, 1.807) is 12.5 Å². The molecule has 6 heteroatoms. The molecule has 0 radical (unpaired) electrons. The lowest BCUT2D eigenvalue weighted by molar-refractivity contribution is -0.141. The molecule has 0 aliphatic carbocycles. The fraction of sp³-hybridized carbons (Fsp3) is 0.600. The van der Waals surface area contributed by atoms with Crippen LogP contribution in [0.3, 0.4) is 0 Å². The van der Waals surface area contributed by atoms with E-state index in [-0.39, 0.29) is 17.3 Å². The predicted molar refractivity (Wildman–Crippen MR) is 69.8 cm³/mol. The summed E-state index contributed by atoms with van der Waals surface area (Å²) in [5, 5.41) is 0. The zero-order valence-corrected chi connectivity index (χ0v) is 12.1. The van der Waals surface area contributed by atoms with Crippen LogP contribution in [0.5, 0.6) is 0 Å². The van der Waals surface area contributed by atoms with E-state index in [1.807, 2.05) is 34.6 Å². The second-order valence-electron chi connectivity index (χ2n) is 4.85. The molecule has 0 aromatic carbocycles. The van der Waals surface area contributed by atoms with Crippen molar-refractivity contribution >= 4 is 24.8 Å². The van der Waals surface area contributed by atoms with Gasteiger partial charge < -0.3 is 8.86 Å². The van der Waals surface area contributed by atoms with Crippen LogP contribution in [-0.4, -0.2) is 15.3 Å². The number of nitrogens with zero attached hydrogens (tertiary/aromatic N) is 2. The highest BCUT2D eigenvalue weighted by atomic mass is 31.0. The highest BCUT2D eigenvalue weighted by Crippen LogP contribution is 2.31. The first-order valence-electron chi connectivity index (χ1n) is 5.03. The van der Waals surface area contributed by atoms with Crippen LogP contribution in [0.25, 0.3) is 0 Å². The van der Waals surface area contributed by atoms with Gasteiger partial charge in [0, 0.05) is 18.3 Å². The Kier molecular flexibility index (Phi) is 4.46. The van der Waals surface area contributed by atoms with Crippen LogP contribution in [-0.2, 0) is 15.7 Å². The Morgan fingerprint density at radius 2 is 2.25 bits per heavy atom. The molecule has 4 nitrogen and oxygen atoms in total. The molecule has 0 N–H and O–H groups in total. The fourth-order valence-corrected chi connectivity index (χ4v) is 1.94. The average Bonchev–Trinajstić information content (AvgIpc) is 2.57. The van der Waals surface area contributed by atoms with Crippen LogP contribution in [0.15, 0.2) is 12.5 Å². The molecule has 1 rings (SSSR count). The van der Waals surface area contributed by atoms with Gasteiger partial charge in [-0.1, -0.05) is 20.8 Å². The van der Waals surface area contributed by atoms with Crippen LogP contribution in [0.1, 0.15) is 26.5 Å². The number of carbonyl (C=O) groups excluding carboxylic acids is 1. The van der Waals surface area contributed by atoms with Crippen molar-refractivity contribution in [3.63, 3.8) is 0 Å². The SMILES string of the molecule is CC(C)(C)C(Cc1cncn1P)C(=O)OP. The molecule has 0 bridgehead atoms. The predicted octanol–water partition coefficient (Wildman–Crippen LogP) is 2.06. The first-order chi connectivity index (χ1) is 7.36. The molecule has 0 saturated heterocycles. The van der Waals surface area contributed by atoms with Gasteiger partial charge in [0.25, 0.3) is 0 Å². The Bertz CT molecular complexity index is 371. The molecule has 0 saturated carbocycles. The van der Waals surface area contributed by atoms with Gasteiger partial charge in [0.2, 0.25) is 0 Å². The van der Waals surface area contributed by atoms with Crippen molar-refractivity contribution in [2.45, 2.75) is 27.2 Å². The highest BCUT2D eigenvalue weighted by molar-refractivity contribution is 7.14. The molecule has 0 amide bonds. The van der Waals surface area contributed by atoms with Gasteiger partial charge in [-0.25, -0.2) is 4.98 Å². The van der Waals surface area contributed by atoms with Gasteiger partial charge in [-0.05, 0) is 14.8 Å². The maximum absolute atomic E-state index is 11.7. The van der Waals surface area contributed by atoms with Crippen LogP contribution in [0.2, 0.25) is 0 Å². The monoisotopic (exact) mass is 260 g/mol. The van der Waals surface area contributed by atoms with E-state index in [2.05, 4.69) is 14.4 Å². The number of hydrogen-bond donors (Lipinski definition) is 0. The molecule has 0 spiro atoms. The molecule has 0 fully saturated rings. The van der Waals surface area contributed by atoms with Crippen molar-refractivity contribution in [1.82, 2.24) is 9.32 Å². The molecule has 90 valence electrons. The van der Waals surface area contributed by atoms with Crippen LogP contribution < -0.4 is 0 Å². The van der Waals surface area contributed by atoms with E-state index in [0.29, 0.717) is 6.42 Å². The van der Waals surface area contributed by atoms with Gasteiger partial charge in [0.15, 0.2) is 0 Å². The van der Waals surface area contributed by atoms with E-state index in [4.69, 9.17) is 4.52 Å². The summed E-state index contributed by atoms with van der Waals surface area (Å²) in [5.41, 5.74) is 0.864. The molecule has 3 unspecified atom stereocenters. The molecule has 3 atom stereocenters. The second-order valence-corrected chi connectivity index (χ2v) is 5.64. The molecule has 1 heterocycles. The smallest absolute Gasteiger partial charge is 0.311 e. The van der Waals surface area contributed by atoms with Gasteiger partial charge in [0.1, 0.15) is 0 Å². The van der Waals surface area contributed by atoms with Crippen molar-refractivity contribution in [2.75, 3.05) is 0 Å². The third kappa shape index (κ3) is 3.26. The maximum Gasteiger partial charge on any atom is 0.311 e. The number of aromatic nitrogens is 2. The van der Waals surface area contributed by atoms with Crippen LogP contribution in [0, 0.1) is 11.3 Å². The van der Waals surface area contributed by atoms with Crippen molar-refractivity contribution in [3.05, 3.63) is 18.2 Å². The summed E-state index contributed by atoms with van der Waals surface area (Å²) in [7, 11) is 4.57. The lowest BCUT2D eigenvalue weighted by Gasteiger charge is -2.28. The average molecular weight is 260 g/mol. The summed E-state index contributed by atoms with van der Waals surface area (Å²) in [4.78, 5) is 15.7. The number of hydrogen-bond acceptors (Lipinski definition) is 3. The number of rotatable bonds is 3. The van der Waals surface area contributed by atoms with Gasteiger partial charge in [-0.2, -0.15) is 0 Å². The van der Waals surface area contributed by atoms with E-state index in [9.17, 15) is 4.79 Å². The zero-order chi connectivity index (χ0) is 12.3. The minimum atomic E-state index is -0.205. The quantitative estimate of drug-likeness (QED) is 0.781. The molecule has 1 aromatic heterocycles. The first-order valence-corrected chi connectivity index (χ1v) is 6.02. The van der Waals surface area contributed by atoms with E-state index >= 15 is 0 Å². The van der Waals surface area contributed by atoms with Crippen LogP contribution in [0.4, 0.5) is 0 Å². The van der Waals surface area contributed by atoms with E-state index in [1.165, 1.54) is 0 Å².